The van der Waals surface area contributed by atoms with Crippen molar-refractivity contribution < 1.29 is 0 Å². The van der Waals surface area contributed by atoms with Gasteiger partial charge in [-0.25, -0.2) is 0 Å². The number of rotatable bonds is 3. The summed E-state index contributed by atoms with van der Waals surface area (Å²) in [6.07, 6.45) is 4.94. The fourth-order valence-electron chi connectivity index (χ4n) is 2.99. The second-order valence-corrected chi connectivity index (χ2v) is 6.17. The molecule has 0 aliphatic heterocycles. The maximum Gasteiger partial charge on any atom is 0.191 e. The first kappa shape index (κ1) is 12.5. The van der Waals surface area contributed by atoms with Gasteiger partial charge in [0.15, 0.2) is 5.96 Å². The number of hydrogen-bond donors (Lipinski definition) is 2. The van der Waals surface area contributed by atoms with E-state index in [-0.39, 0.29) is 0 Å². The van der Waals surface area contributed by atoms with Crippen LogP contribution in [0, 0.1) is 0 Å². The molecular weight excluding hydrogens is 234 g/mol. The van der Waals surface area contributed by atoms with Crippen LogP contribution in [0.1, 0.15) is 38.2 Å². The molecule has 0 amide bonds. The van der Waals surface area contributed by atoms with E-state index in [1.54, 1.807) is 0 Å². The van der Waals surface area contributed by atoms with Crippen molar-refractivity contribution >= 4 is 5.96 Å². The number of benzene rings is 1. The minimum Gasteiger partial charge on any atom is -0.354 e. The van der Waals surface area contributed by atoms with Crippen molar-refractivity contribution in [1.29, 1.82) is 0 Å². The molecule has 3 heteroatoms. The van der Waals surface area contributed by atoms with E-state index in [1.165, 1.54) is 31.2 Å². The Bertz CT molecular complexity index is 456. The predicted molar refractivity (Wildman–Crippen MR) is 79.5 cm³/mol. The van der Waals surface area contributed by atoms with E-state index in [1.807, 2.05) is 7.05 Å². The highest BCUT2D eigenvalue weighted by molar-refractivity contribution is 5.80. The predicted octanol–water partition coefficient (Wildman–Crippen LogP) is 2.43. The Kier molecular flexibility index (Phi) is 3.21. The SMILES string of the molecule is CN=C(NC1CC1)NC1CC(C)(c2ccccc2)C1. The van der Waals surface area contributed by atoms with Gasteiger partial charge in [-0.15, -0.1) is 0 Å². The van der Waals surface area contributed by atoms with Crippen LogP contribution in [0.25, 0.3) is 0 Å². The number of hydrogen-bond acceptors (Lipinski definition) is 1. The molecule has 1 aromatic rings. The number of nitrogens with one attached hydrogen (secondary N) is 2. The van der Waals surface area contributed by atoms with Crippen LogP contribution in [-0.2, 0) is 5.41 Å². The van der Waals surface area contributed by atoms with Gasteiger partial charge in [0.2, 0.25) is 0 Å². The van der Waals surface area contributed by atoms with Crippen LogP contribution in [0.2, 0.25) is 0 Å². The molecule has 0 heterocycles. The zero-order valence-corrected chi connectivity index (χ0v) is 11.8. The van der Waals surface area contributed by atoms with Gasteiger partial charge in [-0.05, 0) is 36.7 Å². The first-order valence-electron chi connectivity index (χ1n) is 7.25. The van der Waals surface area contributed by atoms with Gasteiger partial charge in [0.25, 0.3) is 0 Å². The smallest absolute Gasteiger partial charge is 0.191 e. The highest BCUT2D eigenvalue weighted by Crippen LogP contribution is 2.43. The Morgan fingerprint density at radius 2 is 1.74 bits per heavy atom. The molecule has 0 saturated heterocycles. The van der Waals surface area contributed by atoms with Crippen LogP contribution >= 0.6 is 0 Å². The Balaban J connectivity index is 1.54. The molecule has 2 fully saturated rings. The minimum absolute atomic E-state index is 0.331. The van der Waals surface area contributed by atoms with E-state index >= 15 is 0 Å². The van der Waals surface area contributed by atoms with Crippen molar-refractivity contribution in [2.75, 3.05) is 7.05 Å². The van der Waals surface area contributed by atoms with Crippen molar-refractivity contribution in [2.24, 2.45) is 4.99 Å². The van der Waals surface area contributed by atoms with Crippen LogP contribution in [0.5, 0.6) is 0 Å². The van der Waals surface area contributed by atoms with E-state index < -0.39 is 0 Å². The zero-order valence-electron chi connectivity index (χ0n) is 11.8. The van der Waals surface area contributed by atoms with Gasteiger partial charge in [-0.1, -0.05) is 37.3 Å². The Morgan fingerprint density at radius 3 is 2.32 bits per heavy atom. The molecule has 3 rings (SSSR count). The van der Waals surface area contributed by atoms with Crippen LogP contribution in [0.4, 0.5) is 0 Å². The summed E-state index contributed by atoms with van der Waals surface area (Å²) in [5, 5.41) is 6.98. The highest BCUT2D eigenvalue weighted by atomic mass is 15.2. The van der Waals surface area contributed by atoms with Gasteiger partial charge in [0, 0.05) is 19.1 Å². The van der Waals surface area contributed by atoms with Gasteiger partial charge in [0.1, 0.15) is 0 Å². The highest BCUT2D eigenvalue weighted by Gasteiger charge is 2.42. The maximum atomic E-state index is 4.30. The van der Waals surface area contributed by atoms with Crippen molar-refractivity contribution in [3.05, 3.63) is 35.9 Å². The molecule has 0 spiro atoms. The topological polar surface area (TPSA) is 36.4 Å². The van der Waals surface area contributed by atoms with E-state index in [0.29, 0.717) is 17.5 Å². The van der Waals surface area contributed by atoms with Crippen LogP contribution in [0.15, 0.2) is 35.3 Å². The third-order valence-electron chi connectivity index (χ3n) is 4.35. The molecule has 2 N–H and O–H groups in total. The number of guanidine groups is 1. The average molecular weight is 257 g/mol. The molecule has 2 saturated carbocycles. The van der Waals surface area contributed by atoms with Gasteiger partial charge in [0.05, 0.1) is 0 Å². The van der Waals surface area contributed by atoms with Crippen LogP contribution in [0.3, 0.4) is 0 Å². The molecule has 3 nitrogen and oxygen atoms in total. The molecule has 1 aromatic carbocycles. The van der Waals surface area contributed by atoms with Crippen molar-refractivity contribution in [1.82, 2.24) is 10.6 Å². The van der Waals surface area contributed by atoms with Gasteiger partial charge in [-0.3, -0.25) is 4.99 Å². The molecule has 2 aliphatic carbocycles. The molecule has 0 radical (unpaired) electrons. The summed E-state index contributed by atoms with van der Waals surface area (Å²) in [6.45, 7) is 2.36. The van der Waals surface area contributed by atoms with Crippen LogP contribution < -0.4 is 10.6 Å². The third-order valence-corrected chi connectivity index (χ3v) is 4.35. The number of nitrogens with zero attached hydrogens (tertiary/aromatic N) is 1. The van der Waals surface area contributed by atoms with Crippen molar-refractivity contribution in [2.45, 2.75) is 50.1 Å². The summed E-state index contributed by atoms with van der Waals surface area (Å²) in [7, 11) is 1.85. The van der Waals surface area contributed by atoms with Gasteiger partial charge in [-0.2, -0.15) is 0 Å². The Hall–Kier alpha value is -1.51. The molecule has 0 atom stereocenters. The monoisotopic (exact) mass is 257 g/mol. The quantitative estimate of drug-likeness (QED) is 0.644. The van der Waals surface area contributed by atoms with Gasteiger partial charge >= 0.3 is 0 Å². The summed E-state index contributed by atoms with van der Waals surface area (Å²) in [6, 6.07) is 12.1. The first-order chi connectivity index (χ1) is 9.19. The Labute approximate surface area is 115 Å². The summed E-state index contributed by atoms with van der Waals surface area (Å²) in [5.41, 5.74) is 1.79. The van der Waals surface area contributed by atoms with Crippen molar-refractivity contribution in [3.63, 3.8) is 0 Å². The average Bonchev–Trinajstić information content (AvgIpc) is 3.20. The van der Waals surface area contributed by atoms with E-state index in [2.05, 4.69) is 52.9 Å². The molecule has 2 aliphatic rings. The zero-order chi connectivity index (χ0) is 13.3. The third kappa shape index (κ3) is 2.75. The summed E-state index contributed by atoms with van der Waals surface area (Å²) in [4.78, 5) is 4.30. The molecule has 102 valence electrons. The molecule has 0 aromatic heterocycles. The van der Waals surface area contributed by atoms with E-state index in [0.717, 1.165) is 5.96 Å². The van der Waals surface area contributed by atoms with Crippen molar-refractivity contribution in [3.8, 4) is 0 Å². The van der Waals surface area contributed by atoms with Gasteiger partial charge < -0.3 is 10.6 Å². The summed E-state index contributed by atoms with van der Waals surface area (Å²) in [5.74, 6) is 0.975. The summed E-state index contributed by atoms with van der Waals surface area (Å²) >= 11 is 0. The van der Waals surface area contributed by atoms with E-state index in [4.69, 9.17) is 0 Å². The minimum atomic E-state index is 0.331. The molecule has 0 unspecified atom stereocenters. The maximum absolute atomic E-state index is 4.30. The lowest BCUT2D eigenvalue weighted by Gasteiger charge is -2.46. The van der Waals surface area contributed by atoms with Crippen LogP contribution in [-0.4, -0.2) is 25.1 Å². The fourth-order valence-corrected chi connectivity index (χ4v) is 2.99. The standard InChI is InChI=1S/C16H23N3/c1-16(12-6-4-3-5-7-12)10-14(11-16)19-15(17-2)18-13-8-9-13/h3-7,13-14H,8-11H2,1-2H3,(H2,17,18,19). The largest absolute Gasteiger partial charge is 0.354 e. The normalized spacial score (nSPS) is 30.6. The fraction of sp³-hybridized carbons (Fsp3) is 0.562. The summed E-state index contributed by atoms with van der Waals surface area (Å²) < 4.78 is 0. The molecular formula is C16H23N3. The molecule has 0 bridgehead atoms. The lowest BCUT2D eigenvalue weighted by molar-refractivity contribution is 0.208. The lowest BCUT2D eigenvalue weighted by atomic mass is 9.63. The number of aliphatic imine (C=N–C) groups is 1. The second kappa shape index (κ2) is 4.87. The second-order valence-electron chi connectivity index (χ2n) is 6.17. The Morgan fingerprint density at radius 1 is 1.11 bits per heavy atom. The molecule has 19 heavy (non-hydrogen) atoms. The first-order valence-corrected chi connectivity index (χ1v) is 7.25. The van der Waals surface area contributed by atoms with E-state index in [9.17, 15) is 0 Å². The lowest BCUT2D eigenvalue weighted by Crippen LogP contribution is -2.54.